The number of hydrogen-bond acceptors (Lipinski definition) is 7. The molecule has 0 aliphatic carbocycles. The van der Waals surface area contributed by atoms with E-state index in [4.69, 9.17) is 15.0 Å². The largest absolute Gasteiger partial charge is 0.477 e. The molecule has 2 aliphatic heterocycles. The molecule has 9 nitrogen and oxygen atoms in total. The molecule has 3 aromatic rings. The maximum atomic E-state index is 12.9. The lowest BCUT2D eigenvalue weighted by Crippen LogP contribution is -2.59. The molecule has 3 atom stereocenters. The Morgan fingerprint density at radius 1 is 1.23 bits per heavy atom. The summed E-state index contributed by atoms with van der Waals surface area (Å²) in [5.74, 6) is 0.781. The second-order valence-electron chi connectivity index (χ2n) is 9.59. The summed E-state index contributed by atoms with van der Waals surface area (Å²) in [6.45, 7) is 9.17. The number of nitrogens with zero attached hydrogens (tertiary/aromatic N) is 7. The van der Waals surface area contributed by atoms with Gasteiger partial charge in [0, 0.05) is 56.3 Å². The van der Waals surface area contributed by atoms with Crippen LogP contribution in [0.15, 0.2) is 29.2 Å². The van der Waals surface area contributed by atoms with E-state index in [2.05, 4.69) is 53.9 Å². The monoisotopic (exact) mass is 475 g/mol. The molecule has 0 N–H and O–H groups in total. The smallest absolute Gasteiger partial charge is 0.252 e. The topological polar surface area (TPSA) is 92.2 Å². The molecule has 5 heterocycles. The number of pyridine rings is 2. The number of fused-ring (bicyclic) bond motifs is 2. The van der Waals surface area contributed by atoms with Gasteiger partial charge in [0.2, 0.25) is 5.88 Å². The van der Waals surface area contributed by atoms with Crippen molar-refractivity contribution >= 4 is 16.7 Å². The molecule has 1 fully saturated rings. The van der Waals surface area contributed by atoms with Crippen LogP contribution in [0.2, 0.25) is 0 Å². The number of hydrogen-bond donors (Lipinski definition) is 0. The van der Waals surface area contributed by atoms with Gasteiger partial charge in [0.15, 0.2) is 0 Å². The van der Waals surface area contributed by atoms with E-state index in [1.807, 2.05) is 0 Å². The number of piperazine rings is 1. The first-order valence-corrected chi connectivity index (χ1v) is 12.5. The Labute approximate surface area is 205 Å². The van der Waals surface area contributed by atoms with Gasteiger partial charge < -0.3 is 14.2 Å². The quantitative estimate of drug-likeness (QED) is 0.541. The Balaban J connectivity index is 1.49. The van der Waals surface area contributed by atoms with Crippen molar-refractivity contribution in [3.8, 4) is 11.9 Å². The first-order valence-electron chi connectivity index (χ1n) is 12.5. The van der Waals surface area contributed by atoms with Gasteiger partial charge in [-0.25, -0.2) is 4.98 Å². The molecule has 2 aliphatic rings. The fourth-order valence-electron chi connectivity index (χ4n) is 5.53. The van der Waals surface area contributed by atoms with E-state index in [1.54, 1.807) is 28.6 Å². The fraction of sp³-hybridized carbons (Fsp3) is 0.538. The molecule has 0 saturated carbocycles. The maximum Gasteiger partial charge on any atom is 0.252 e. The van der Waals surface area contributed by atoms with Crippen molar-refractivity contribution in [2.75, 3.05) is 24.6 Å². The molecule has 0 radical (unpaired) electrons. The average molecular weight is 476 g/mol. The number of ether oxygens (including phenoxy) is 1. The van der Waals surface area contributed by atoms with Gasteiger partial charge in [-0.05, 0) is 25.8 Å². The molecule has 0 bridgehead atoms. The van der Waals surface area contributed by atoms with Crippen LogP contribution in [0.1, 0.15) is 50.9 Å². The van der Waals surface area contributed by atoms with E-state index in [9.17, 15) is 4.79 Å². The van der Waals surface area contributed by atoms with Gasteiger partial charge in [0.25, 0.3) is 5.56 Å². The van der Waals surface area contributed by atoms with Crippen LogP contribution >= 0.6 is 0 Å². The van der Waals surface area contributed by atoms with E-state index in [0.717, 1.165) is 60.6 Å². The average Bonchev–Trinajstić information content (AvgIpc) is 3.52. The standard InChI is InChI=1S/C26H33N7O2/c1-5-19-15-33(22-13-24(34)30(4)23-16-31(11-10-27)29-25(22)23)20(6-2)14-32(19)17(3)21-8-7-18-9-12-35-26(18)28-21/h7-8,13,16-17,19-20H,5-6,9,11-12,14-15H2,1-4H3/t17?,19-,20+/m1/s1. The molecule has 3 aromatic heterocycles. The van der Waals surface area contributed by atoms with Crippen molar-refractivity contribution in [2.45, 2.75) is 64.7 Å². The van der Waals surface area contributed by atoms with Crippen molar-refractivity contribution < 1.29 is 4.74 Å². The molecule has 0 amide bonds. The second kappa shape index (κ2) is 9.34. The predicted octanol–water partition coefficient (Wildman–Crippen LogP) is 3.03. The number of anilines is 1. The zero-order chi connectivity index (χ0) is 24.7. The van der Waals surface area contributed by atoms with Crippen LogP contribution in [0.5, 0.6) is 5.88 Å². The van der Waals surface area contributed by atoms with Crippen LogP contribution in [0.4, 0.5) is 5.69 Å². The Bertz CT molecular complexity index is 1340. The van der Waals surface area contributed by atoms with Gasteiger partial charge in [-0.2, -0.15) is 10.4 Å². The SMILES string of the molecule is CC[C@H]1CN(C(C)c2ccc3c(n2)OCC3)[C@H](CC)CN1c1cc(=O)n(C)c2cn(CC#N)nc12. The van der Waals surface area contributed by atoms with Crippen molar-refractivity contribution in [1.29, 1.82) is 5.26 Å². The third-order valence-electron chi connectivity index (χ3n) is 7.66. The summed E-state index contributed by atoms with van der Waals surface area (Å²) in [5.41, 5.74) is 4.55. The van der Waals surface area contributed by atoms with E-state index >= 15 is 0 Å². The van der Waals surface area contributed by atoms with Crippen molar-refractivity contribution in [1.82, 2.24) is 24.2 Å². The van der Waals surface area contributed by atoms with Crippen molar-refractivity contribution in [2.24, 2.45) is 7.05 Å². The first kappa shape index (κ1) is 23.4. The number of rotatable bonds is 6. The molecule has 0 aromatic carbocycles. The lowest BCUT2D eigenvalue weighted by molar-refractivity contribution is 0.0988. The molecular formula is C26H33N7O2. The van der Waals surface area contributed by atoms with Crippen LogP contribution in [0.3, 0.4) is 0 Å². The third kappa shape index (κ3) is 4.06. The summed E-state index contributed by atoms with van der Waals surface area (Å²) in [6, 6.07) is 8.83. The number of aryl methyl sites for hydroxylation is 1. The van der Waals surface area contributed by atoms with E-state index < -0.39 is 0 Å². The highest BCUT2D eigenvalue weighted by Gasteiger charge is 2.37. The first-order chi connectivity index (χ1) is 16.9. The third-order valence-corrected chi connectivity index (χ3v) is 7.66. The van der Waals surface area contributed by atoms with Crippen LogP contribution in [0, 0.1) is 11.3 Å². The summed E-state index contributed by atoms with van der Waals surface area (Å²) in [4.78, 5) is 22.6. The normalized spacial score (nSPS) is 21.1. The molecule has 1 unspecified atom stereocenters. The Morgan fingerprint density at radius 2 is 2.03 bits per heavy atom. The predicted molar refractivity (Wildman–Crippen MR) is 135 cm³/mol. The van der Waals surface area contributed by atoms with Crippen molar-refractivity contribution in [3.63, 3.8) is 0 Å². The highest BCUT2D eigenvalue weighted by molar-refractivity contribution is 5.88. The highest BCUT2D eigenvalue weighted by Crippen LogP contribution is 2.35. The molecule has 5 rings (SSSR count). The maximum absolute atomic E-state index is 12.9. The summed E-state index contributed by atoms with van der Waals surface area (Å²) in [7, 11) is 1.76. The molecular weight excluding hydrogens is 442 g/mol. The van der Waals surface area contributed by atoms with Gasteiger partial charge in [-0.3, -0.25) is 14.4 Å². The van der Waals surface area contributed by atoms with Gasteiger partial charge in [0.1, 0.15) is 12.1 Å². The number of nitriles is 1. The summed E-state index contributed by atoms with van der Waals surface area (Å²) in [5, 5.41) is 13.8. The van der Waals surface area contributed by atoms with Gasteiger partial charge >= 0.3 is 0 Å². The molecule has 0 spiro atoms. The zero-order valence-corrected chi connectivity index (χ0v) is 20.9. The van der Waals surface area contributed by atoms with E-state index in [-0.39, 0.29) is 24.2 Å². The minimum Gasteiger partial charge on any atom is -0.477 e. The Hall–Kier alpha value is -3.38. The molecule has 184 valence electrons. The minimum absolute atomic E-state index is 0.0648. The lowest BCUT2D eigenvalue weighted by atomic mass is 9.98. The molecule has 35 heavy (non-hydrogen) atoms. The second-order valence-corrected chi connectivity index (χ2v) is 9.59. The van der Waals surface area contributed by atoms with Gasteiger partial charge in [-0.1, -0.05) is 19.9 Å². The van der Waals surface area contributed by atoms with Crippen molar-refractivity contribution in [3.05, 3.63) is 46.0 Å². The summed E-state index contributed by atoms with van der Waals surface area (Å²) in [6.07, 6.45) is 4.65. The van der Waals surface area contributed by atoms with Crippen LogP contribution in [-0.4, -0.2) is 56.0 Å². The zero-order valence-electron chi connectivity index (χ0n) is 20.9. The highest BCUT2D eigenvalue weighted by atomic mass is 16.5. The summed E-state index contributed by atoms with van der Waals surface area (Å²) < 4.78 is 8.96. The van der Waals surface area contributed by atoms with Crippen LogP contribution in [0.25, 0.3) is 11.0 Å². The summed E-state index contributed by atoms with van der Waals surface area (Å²) >= 11 is 0. The minimum atomic E-state index is -0.0648. The number of aromatic nitrogens is 4. The molecule has 1 saturated heterocycles. The van der Waals surface area contributed by atoms with Gasteiger partial charge in [-0.15, -0.1) is 0 Å². The lowest BCUT2D eigenvalue weighted by Gasteiger charge is -2.49. The van der Waals surface area contributed by atoms with E-state index in [1.165, 1.54) is 5.56 Å². The van der Waals surface area contributed by atoms with E-state index in [0.29, 0.717) is 12.6 Å². The fourth-order valence-corrected chi connectivity index (χ4v) is 5.53. The van der Waals surface area contributed by atoms with Crippen LogP contribution in [-0.2, 0) is 20.0 Å². The van der Waals surface area contributed by atoms with Crippen LogP contribution < -0.4 is 15.2 Å². The Morgan fingerprint density at radius 3 is 2.77 bits per heavy atom. The molecule has 9 heteroatoms. The van der Waals surface area contributed by atoms with Gasteiger partial charge in [0.05, 0.1) is 35.8 Å². The Kier molecular flexibility index (Phi) is 6.24.